The molecule has 0 fully saturated rings. The normalized spacial score (nSPS) is 15.2. The average molecular weight is 260 g/mol. The Morgan fingerprint density at radius 1 is 1.16 bits per heavy atom. The molecule has 0 saturated heterocycles. The number of Topliss-reactive ketones (excluding diaryl/α,β-unsaturated/α-hetero) is 1. The van der Waals surface area contributed by atoms with E-state index in [1.54, 1.807) is 24.3 Å². The first-order valence-electron chi connectivity index (χ1n) is 6.27. The van der Waals surface area contributed by atoms with Gasteiger partial charge in [-0.15, -0.1) is 0 Å². The van der Waals surface area contributed by atoms with Crippen molar-refractivity contribution < 1.29 is 19.4 Å². The van der Waals surface area contributed by atoms with E-state index in [1.165, 1.54) is 7.11 Å². The number of hydrogen-bond acceptors (Lipinski definition) is 3. The van der Waals surface area contributed by atoms with Crippen molar-refractivity contribution in [3.8, 4) is 5.75 Å². The second-order valence-electron chi connectivity index (χ2n) is 4.53. The van der Waals surface area contributed by atoms with Crippen LogP contribution in [0.5, 0.6) is 5.75 Å². The minimum atomic E-state index is -0.981. The lowest BCUT2D eigenvalue weighted by Gasteiger charge is -2.16. The van der Waals surface area contributed by atoms with Crippen LogP contribution in [0.2, 0.25) is 0 Å². The summed E-state index contributed by atoms with van der Waals surface area (Å²) in [4.78, 5) is 23.6. The Morgan fingerprint density at radius 2 is 1.84 bits per heavy atom. The van der Waals surface area contributed by atoms with Crippen molar-refractivity contribution in [2.75, 3.05) is 7.11 Å². The minimum Gasteiger partial charge on any atom is -0.497 e. The van der Waals surface area contributed by atoms with Crippen LogP contribution in [0, 0.1) is 0 Å². The van der Waals surface area contributed by atoms with E-state index in [0.29, 0.717) is 29.7 Å². The molecule has 0 spiro atoms. The Balaban J connectivity index is 2.38. The van der Waals surface area contributed by atoms with Gasteiger partial charge in [-0.05, 0) is 37.8 Å². The maximum Gasteiger partial charge on any atom is 0.331 e. The molecule has 0 atom stereocenters. The molecule has 19 heavy (non-hydrogen) atoms. The van der Waals surface area contributed by atoms with Crippen molar-refractivity contribution in [2.24, 2.45) is 0 Å². The molecule has 0 radical (unpaired) electrons. The number of ether oxygens (including phenoxy) is 1. The van der Waals surface area contributed by atoms with Crippen LogP contribution in [0.3, 0.4) is 0 Å². The molecule has 1 N–H and O–H groups in total. The molecule has 0 aromatic heterocycles. The predicted molar refractivity (Wildman–Crippen MR) is 70.5 cm³/mol. The van der Waals surface area contributed by atoms with Crippen molar-refractivity contribution in [2.45, 2.75) is 25.7 Å². The largest absolute Gasteiger partial charge is 0.497 e. The van der Waals surface area contributed by atoms with Gasteiger partial charge in [0.2, 0.25) is 0 Å². The highest BCUT2D eigenvalue weighted by Crippen LogP contribution is 2.28. The number of carbonyl (C=O) groups excluding carboxylic acids is 1. The fourth-order valence-corrected chi connectivity index (χ4v) is 2.33. The Labute approximate surface area is 111 Å². The van der Waals surface area contributed by atoms with Crippen LogP contribution in [0.25, 0.3) is 0 Å². The van der Waals surface area contributed by atoms with E-state index >= 15 is 0 Å². The third-order valence-corrected chi connectivity index (χ3v) is 3.33. The molecule has 0 amide bonds. The molecule has 1 aromatic rings. The zero-order valence-electron chi connectivity index (χ0n) is 10.8. The molecule has 4 heteroatoms. The number of carbonyl (C=O) groups is 2. The Bertz CT molecular complexity index is 543. The zero-order valence-corrected chi connectivity index (χ0v) is 10.8. The van der Waals surface area contributed by atoms with E-state index in [2.05, 4.69) is 0 Å². The lowest BCUT2D eigenvalue weighted by atomic mass is 9.87. The topological polar surface area (TPSA) is 63.6 Å². The number of allylic oxidation sites excluding steroid dienone is 1. The SMILES string of the molecule is COc1cccc(C(=O)C2=C(C(=O)O)CCCC2)c1. The lowest BCUT2D eigenvalue weighted by molar-refractivity contribution is -0.133. The van der Waals surface area contributed by atoms with Crippen LogP contribution in [0.15, 0.2) is 35.4 Å². The van der Waals surface area contributed by atoms with Gasteiger partial charge in [-0.1, -0.05) is 12.1 Å². The summed E-state index contributed by atoms with van der Waals surface area (Å²) >= 11 is 0. The van der Waals surface area contributed by atoms with Gasteiger partial charge in [-0.2, -0.15) is 0 Å². The van der Waals surface area contributed by atoms with Crippen molar-refractivity contribution >= 4 is 11.8 Å². The Kier molecular flexibility index (Phi) is 4.00. The fourth-order valence-electron chi connectivity index (χ4n) is 2.33. The van der Waals surface area contributed by atoms with E-state index in [0.717, 1.165) is 12.8 Å². The van der Waals surface area contributed by atoms with Crippen LogP contribution >= 0.6 is 0 Å². The highest BCUT2D eigenvalue weighted by atomic mass is 16.5. The number of carboxylic acids is 1. The monoisotopic (exact) mass is 260 g/mol. The molecule has 100 valence electrons. The second-order valence-corrected chi connectivity index (χ2v) is 4.53. The quantitative estimate of drug-likeness (QED) is 0.845. The molecule has 1 aliphatic rings. The molecular formula is C15H16O4. The highest BCUT2D eigenvalue weighted by Gasteiger charge is 2.24. The maximum atomic E-state index is 12.4. The van der Waals surface area contributed by atoms with Gasteiger partial charge in [-0.25, -0.2) is 4.79 Å². The number of benzene rings is 1. The van der Waals surface area contributed by atoms with E-state index < -0.39 is 5.97 Å². The van der Waals surface area contributed by atoms with Crippen LogP contribution in [0.1, 0.15) is 36.0 Å². The van der Waals surface area contributed by atoms with Crippen LogP contribution in [-0.2, 0) is 4.79 Å². The number of rotatable bonds is 4. The summed E-state index contributed by atoms with van der Waals surface area (Å²) in [5.41, 5.74) is 1.18. The molecule has 4 nitrogen and oxygen atoms in total. The Morgan fingerprint density at radius 3 is 2.47 bits per heavy atom. The summed E-state index contributed by atoms with van der Waals surface area (Å²) in [6, 6.07) is 6.81. The highest BCUT2D eigenvalue weighted by molar-refractivity contribution is 6.12. The fraction of sp³-hybridized carbons (Fsp3) is 0.333. The van der Waals surface area contributed by atoms with Gasteiger partial charge in [0.1, 0.15) is 5.75 Å². The summed E-state index contributed by atoms with van der Waals surface area (Å²) < 4.78 is 5.08. The van der Waals surface area contributed by atoms with Gasteiger partial charge in [-0.3, -0.25) is 4.79 Å². The van der Waals surface area contributed by atoms with Gasteiger partial charge in [0, 0.05) is 16.7 Å². The first-order chi connectivity index (χ1) is 9.13. The standard InChI is InChI=1S/C15H16O4/c1-19-11-6-4-5-10(9-11)14(16)12-7-2-3-8-13(12)15(17)18/h4-6,9H,2-3,7-8H2,1H3,(H,17,18). The van der Waals surface area contributed by atoms with Gasteiger partial charge in [0.25, 0.3) is 0 Å². The summed E-state index contributed by atoms with van der Waals surface area (Å²) in [7, 11) is 1.53. The molecule has 0 aliphatic heterocycles. The molecule has 0 saturated carbocycles. The van der Waals surface area contributed by atoms with E-state index in [-0.39, 0.29) is 11.4 Å². The van der Waals surface area contributed by atoms with E-state index in [4.69, 9.17) is 4.74 Å². The summed E-state index contributed by atoms with van der Waals surface area (Å²) in [6.45, 7) is 0. The van der Waals surface area contributed by atoms with Crippen molar-refractivity contribution in [3.63, 3.8) is 0 Å². The van der Waals surface area contributed by atoms with Gasteiger partial charge < -0.3 is 9.84 Å². The third-order valence-electron chi connectivity index (χ3n) is 3.33. The van der Waals surface area contributed by atoms with E-state index in [9.17, 15) is 14.7 Å². The molecule has 1 aromatic carbocycles. The molecule has 2 rings (SSSR count). The number of hydrogen-bond donors (Lipinski definition) is 1. The number of aliphatic carboxylic acids is 1. The Hall–Kier alpha value is -2.10. The van der Waals surface area contributed by atoms with Crippen molar-refractivity contribution in [1.29, 1.82) is 0 Å². The first kappa shape index (κ1) is 13.3. The average Bonchev–Trinajstić information content (AvgIpc) is 2.46. The zero-order chi connectivity index (χ0) is 13.8. The van der Waals surface area contributed by atoms with Crippen LogP contribution < -0.4 is 4.74 Å². The summed E-state index contributed by atoms with van der Waals surface area (Å²) in [5.74, 6) is -0.582. The summed E-state index contributed by atoms with van der Waals surface area (Å²) in [6.07, 6.45) is 2.70. The number of carboxylic acid groups (broad SMARTS) is 1. The summed E-state index contributed by atoms with van der Waals surface area (Å²) in [5, 5.41) is 9.17. The van der Waals surface area contributed by atoms with Crippen molar-refractivity contribution in [3.05, 3.63) is 41.0 Å². The minimum absolute atomic E-state index is 0.198. The van der Waals surface area contributed by atoms with Gasteiger partial charge in [0.15, 0.2) is 5.78 Å². The molecular weight excluding hydrogens is 244 g/mol. The molecule has 0 bridgehead atoms. The van der Waals surface area contributed by atoms with E-state index in [1.807, 2.05) is 0 Å². The van der Waals surface area contributed by atoms with Gasteiger partial charge in [0.05, 0.1) is 7.11 Å². The third kappa shape index (κ3) is 2.84. The lowest BCUT2D eigenvalue weighted by Crippen LogP contribution is -2.15. The first-order valence-corrected chi connectivity index (χ1v) is 6.27. The van der Waals surface area contributed by atoms with Crippen LogP contribution in [0.4, 0.5) is 0 Å². The second kappa shape index (κ2) is 5.69. The van der Waals surface area contributed by atoms with Gasteiger partial charge >= 0.3 is 5.97 Å². The van der Waals surface area contributed by atoms with Crippen LogP contribution in [-0.4, -0.2) is 24.0 Å². The number of ketones is 1. The molecule has 1 aliphatic carbocycles. The molecule has 0 heterocycles. The maximum absolute atomic E-state index is 12.4. The van der Waals surface area contributed by atoms with Crippen molar-refractivity contribution in [1.82, 2.24) is 0 Å². The smallest absolute Gasteiger partial charge is 0.331 e. The molecule has 0 unspecified atom stereocenters. The number of methoxy groups -OCH3 is 1. The predicted octanol–water partition coefficient (Wildman–Crippen LogP) is 2.83.